The van der Waals surface area contributed by atoms with Crippen LogP contribution in [0.4, 0.5) is 0 Å². The maximum atomic E-state index is 7.35. The molecule has 84 valence electrons. The van der Waals surface area contributed by atoms with E-state index in [0.717, 1.165) is 18.4 Å². The summed E-state index contributed by atoms with van der Waals surface area (Å²) in [5.41, 5.74) is 0.791. The van der Waals surface area contributed by atoms with Crippen molar-refractivity contribution in [3.63, 3.8) is 0 Å². The molecule has 1 fully saturated rings. The van der Waals surface area contributed by atoms with Crippen molar-refractivity contribution in [1.82, 2.24) is 0 Å². The number of aliphatic imine (C=N–C) groups is 1. The van der Waals surface area contributed by atoms with Gasteiger partial charge in [-0.05, 0) is 25.2 Å². The minimum absolute atomic E-state index is 0.319. The first-order valence-corrected chi connectivity index (χ1v) is 5.53. The fourth-order valence-electron chi connectivity index (χ4n) is 1.44. The lowest BCUT2D eigenvalue weighted by Gasteiger charge is -2.27. The monoisotopic (exact) mass is 208 g/mol. The Morgan fingerprint density at radius 2 is 2.13 bits per heavy atom. The molecule has 1 aliphatic rings. The molecule has 15 heavy (non-hydrogen) atoms. The average molecular weight is 208 g/mol. The third-order valence-electron chi connectivity index (χ3n) is 2.45. The van der Waals surface area contributed by atoms with Gasteiger partial charge in [0, 0.05) is 13.3 Å². The molecule has 1 saturated carbocycles. The summed E-state index contributed by atoms with van der Waals surface area (Å²) in [7, 11) is 1.71. The summed E-state index contributed by atoms with van der Waals surface area (Å²) in [6, 6.07) is 0. The topological polar surface area (TPSA) is 45.4 Å². The van der Waals surface area contributed by atoms with E-state index in [9.17, 15) is 0 Å². The van der Waals surface area contributed by atoms with E-state index in [-0.39, 0.29) is 0 Å². The van der Waals surface area contributed by atoms with E-state index >= 15 is 0 Å². The van der Waals surface area contributed by atoms with E-state index in [4.69, 9.17) is 10.1 Å². The SMILES string of the molecule is CN=C(OC1CCC1)/C(C=N)=C\C(C)C. The minimum atomic E-state index is 0.319. The lowest BCUT2D eigenvalue weighted by molar-refractivity contribution is 0.109. The molecule has 1 aliphatic carbocycles. The molecule has 0 aromatic heterocycles. The summed E-state index contributed by atoms with van der Waals surface area (Å²) >= 11 is 0. The van der Waals surface area contributed by atoms with Gasteiger partial charge < -0.3 is 10.1 Å². The van der Waals surface area contributed by atoms with Crippen molar-refractivity contribution in [2.24, 2.45) is 10.9 Å². The van der Waals surface area contributed by atoms with Crippen LogP contribution >= 0.6 is 0 Å². The molecule has 3 nitrogen and oxygen atoms in total. The Hall–Kier alpha value is -1.12. The average Bonchev–Trinajstić information content (AvgIpc) is 2.13. The zero-order valence-corrected chi connectivity index (χ0v) is 9.79. The Labute approximate surface area is 91.8 Å². The van der Waals surface area contributed by atoms with Gasteiger partial charge in [-0.2, -0.15) is 0 Å². The van der Waals surface area contributed by atoms with Crippen molar-refractivity contribution < 1.29 is 4.74 Å². The van der Waals surface area contributed by atoms with Crippen LogP contribution in [0.25, 0.3) is 0 Å². The molecule has 0 saturated heterocycles. The first-order valence-electron chi connectivity index (χ1n) is 5.53. The molecule has 0 spiro atoms. The highest BCUT2D eigenvalue weighted by Gasteiger charge is 2.21. The number of ether oxygens (including phenoxy) is 1. The summed E-state index contributed by atoms with van der Waals surface area (Å²) < 4.78 is 5.72. The van der Waals surface area contributed by atoms with Gasteiger partial charge in [-0.15, -0.1) is 0 Å². The van der Waals surface area contributed by atoms with Crippen LogP contribution in [0.3, 0.4) is 0 Å². The molecule has 1 N–H and O–H groups in total. The first-order chi connectivity index (χ1) is 7.17. The molecule has 0 bridgehead atoms. The molecule has 0 heterocycles. The molecule has 0 atom stereocenters. The number of hydrogen-bond acceptors (Lipinski definition) is 3. The van der Waals surface area contributed by atoms with Gasteiger partial charge in [0.15, 0.2) is 0 Å². The molecule has 0 radical (unpaired) electrons. The molecular weight excluding hydrogens is 188 g/mol. The second kappa shape index (κ2) is 5.69. The maximum absolute atomic E-state index is 7.35. The molecule has 0 unspecified atom stereocenters. The molecule has 0 aromatic carbocycles. The zero-order chi connectivity index (χ0) is 11.3. The van der Waals surface area contributed by atoms with E-state index in [2.05, 4.69) is 18.8 Å². The summed E-state index contributed by atoms with van der Waals surface area (Å²) in [5, 5.41) is 7.35. The number of nitrogens with one attached hydrogen (secondary N) is 1. The van der Waals surface area contributed by atoms with Crippen molar-refractivity contribution in [3.05, 3.63) is 11.6 Å². The van der Waals surface area contributed by atoms with Gasteiger partial charge in [0.2, 0.25) is 5.90 Å². The van der Waals surface area contributed by atoms with Crippen LogP contribution in [-0.2, 0) is 4.74 Å². The van der Waals surface area contributed by atoms with E-state index in [1.54, 1.807) is 7.05 Å². The summed E-state index contributed by atoms with van der Waals surface area (Å²) in [5.74, 6) is 1.02. The van der Waals surface area contributed by atoms with Crippen LogP contribution < -0.4 is 0 Å². The Kier molecular flexibility index (Phi) is 4.53. The third-order valence-corrected chi connectivity index (χ3v) is 2.45. The van der Waals surface area contributed by atoms with Gasteiger partial charge in [0.05, 0.1) is 5.57 Å². The number of hydrogen-bond donors (Lipinski definition) is 1. The second-order valence-corrected chi connectivity index (χ2v) is 4.21. The number of allylic oxidation sites excluding steroid dienone is 1. The highest BCUT2D eigenvalue weighted by molar-refractivity contribution is 6.11. The fourth-order valence-corrected chi connectivity index (χ4v) is 1.44. The van der Waals surface area contributed by atoms with Gasteiger partial charge in [0.25, 0.3) is 0 Å². The van der Waals surface area contributed by atoms with Gasteiger partial charge >= 0.3 is 0 Å². The lowest BCUT2D eigenvalue weighted by atomic mass is 9.96. The van der Waals surface area contributed by atoms with Crippen LogP contribution in [0.5, 0.6) is 0 Å². The Morgan fingerprint density at radius 3 is 2.47 bits per heavy atom. The highest BCUT2D eigenvalue weighted by atomic mass is 16.5. The highest BCUT2D eigenvalue weighted by Crippen LogP contribution is 2.23. The van der Waals surface area contributed by atoms with Crippen molar-refractivity contribution in [2.75, 3.05) is 7.05 Å². The largest absolute Gasteiger partial charge is 0.474 e. The van der Waals surface area contributed by atoms with Crippen molar-refractivity contribution in [3.8, 4) is 0 Å². The molecular formula is C12H20N2O. The smallest absolute Gasteiger partial charge is 0.217 e. The van der Waals surface area contributed by atoms with Gasteiger partial charge in [-0.1, -0.05) is 19.9 Å². The summed E-state index contributed by atoms with van der Waals surface area (Å²) in [4.78, 5) is 4.11. The Bertz CT molecular complexity index is 275. The molecule has 1 rings (SSSR count). The molecule has 0 aromatic rings. The van der Waals surface area contributed by atoms with Crippen LogP contribution in [0.2, 0.25) is 0 Å². The molecule has 0 amide bonds. The van der Waals surface area contributed by atoms with Crippen LogP contribution in [0.1, 0.15) is 33.1 Å². The normalized spacial score (nSPS) is 18.9. The fraction of sp³-hybridized carbons (Fsp3) is 0.667. The van der Waals surface area contributed by atoms with Crippen molar-refractivity contribution in [2.45, 2.75) is 39.2 Å². The van der Waals surface area contributed by atoms with Gasteiger partial charge in [-0.3, -0.25) is 4.99 Å². The van der Waals surface area contributed by atoms with Crippen molar-refractivity contribution >= 4 is 12.1 Å². The minimum Gasteiger partial charge on any atom is -0.474 e. The zero-order valence-electron chi connectivity index (χ0n) is 9.79. The van der Waals surface area contributed by atoms with E-state index in [1.165, 1.54) is 12.6 Å². The van der Waals surface area contributed by atoms with Crippen LogP contribution in [0, 0.1) is 11.3 Å². The second-order valence-electron chi connectivity index (χ2n) is 4.21. The Morgan fingerprint density at radius 1 is 1.47 bits per heavy atom. The number of rotatable bonds is 4. The maximum Gasteiger partial charge on any atom is 0.217 e. The molecule has 3 heteroatoms. The quantitative estimate of drug-likeness (QED) is 0.560. The standard InChI is InChI=1S/C12H20N2O/c1-9(2)7-10(8-13)12(14-3)15-11-5-4-6-11/h7-9,11,13H,4-6H2,1-3H3/b10-7-,13-8?,14-12?. The van der Waals surface area contributed by atoms with E-state index in [1.807, 2.05) is 6.08 Å². The summed E-state index contributed by atoms with van der Waals surface area (Å²) in [6.45, 7) is 4.17. The number of nitrogens with zero attached hydrogens (tertiary/aromatic N) is 1. The van der Waals surface area contributed by atoms with Crippen LogP contribution in [-0.4, -0.2) is 25.3 Å². The lowest BCUT2D eigenvalue weighted by Crippen LogP contribution is -2.26. The third kappa shape index (κ3) is 3.50. The first kappa shape index (κ1) is 12.0. The summed E-state index contributed by atoms with van der Waals surface area (Å²) in [6.07, 6.45) is 7.13. The van der Waals surface area contributed by atoms with Crippen molar-refractivity contribution in [1.29, 1.82) is 5.41 Å². The predicted octanol–water partition coefficient (Wildman–Crippen LogP) is 2.82. The predicted molar refractivity (Wildman–Crippen MR) is 63.8 cm³/mol. The van der Waals surface area contributed by atoms with Gasteiger partial charge in [-0.25, -0.2) is 0 Å². The van der Waals surface area contributed by atoms with E-state index < -0.39 is 0 Å². The van der Waals surface area contributed by atoms with Crippen LogP contribution in [0.15, 0.2) is 16.6 Å². The Balaban J connectivity index is 2.66. The van der Waals surface area contributed by atoms with Gasteiger partial charge in [0.1, 0.15) is 6.10 Å². The molecule has 0 aliphatic heterocycles. The van der Waals surface area contributed by atoms with E-state index in [0.29, 0.717) is 17.9 Å².